The molecule has 1 atom stereocenters. The number of aromatic nitrogens is 2. The Bertz CT molecular complexity index is 548. The van der Waals surface area contributed by atoms with Crippen molar-refractivity contribution in [1.82, 2.24) is 20.0 Å². The maximum Gasteiger partial charge on any atom is 0.236 e. The van der Waals surface area contributed by atoms with Crippen LogP contribution in [0.15, 0.2) is 18.3 Å². The molecule has 7 heteroatoms. The Labute approximate surface area is 149 Å². The van der Waals surface area contributed by atoms with E-state index in [0.717, 1.165) is 57.3 Å². The molecule has 2 aliphatic heterocycles. The van der Waals surface area contributed by atoms with Crippen molar-refractivity contribution < 1.29 is 9.53 Å². The van der Waals surface area contributed by atoms with Gasteiger partial charge in [0.1, 0.15) is 0 Å². The SMILES string of the molecule is CC1CCN(C(=O)CN2CCOC(CN(C)c3cccnn3)C2)CC1. The molecule has 1 unspecified atom stereocenters. The van der Waals surface area contributed by atoms with E-state index in [1.165, 1.54) is 0 Å². The molecule has 0 aliphatic carbocycles. The fourth-order valence-corrected chi connectivity index (χ4v) is 3.48. The Morgan fingerprint density at radius 2 is 2.16 bits per heavy atom. The van der Waals surface area contributed by atoms with E-state index in [1.807, 2.05) is 24.1 Å². The summed E-state index contributed by atoms with van der Waals surface area (Å²) >= 11 is 0. The van der Waals surface area contributed by atoms with Crippen LogP contribution in [0.25, 0.3) is 0 Å². The number of piperidine rings is 1. The maximum absolute atomic E-state index is 12.5. The van der Waals surface area contributed by atoms with Gasteiger partial charge in [-0.3, -0.25) is 9.69 Å². The van der Waals surface area contributed by atoms with Crippen molar-refractivity contribution in [2.75, 3.05) is 57.8 Å². The first-order valence-corrected chi connectivity index (χ1v) is 9.22. The summed E-state index contributed by atoms with van der Waals surface area (Å²) in [5.74, 6) is 1.84. The van der Waals surface area contributed by atoms with Crippen molar-refractivity contribution in [2.45, 2.75) is 25.9 Å². The summed E-state index contributed by atoms with van der Waals surface area (Å²) in [6.07, 6.45) is 4.00. The first-order chi connectivity index (χ1) is 12.1. The molecular formula is C18H29N5O2. The van der Waals surface area contributed by atoms with E-state index in [4.69, 9.17) is 4.74 Å². The normalized spacial score (nSPS) is 22.8. The first kappa shape index (κ1) is 18.1. The van der Waals surface area contributed by atoms with Gasteiger partial charge in [-0.1, -0.05) is 6.92 Å². The molecule has 3 heterocycles. The standard InChI is InChI=1S/C18H29N5O2/c1-15-5-8-23(9-6-15)18(24)14-22-10-11-25-16(13-22)12-21(2)17-4-3-7-19-20-17/h3-4,7,15-16H,5-6,8-14H2,1-2H3. The maximum atomic E-state index is 12.5. The molecule has 2 saturated heterocycles. The lowest BCUT2D eigenvalue weighted by atomic mass is 9.99. The van der Waals surface area contributed by atoms with Crippen LogP contribution >= 0.6 is 0 Å². The number of hydrogen-bond acceptors (Lipinski definition) is 6. The van der Waals surface area contributed by atoms with Gasteiger partial charge < -0.3 is 14.5 Å². The number of morpholine rings is 1. The molecule has 3 rings (SSSR count). The van der Waals surface area contributed by atoms with Crippen molar-refractivity contribution in [3.05, 3.63) is 18.3 Å². The third-order valence-electron chi connectivity index (χ3n) is 5.14. The molecule has 0 N–H and O–H groups in total. The van der Waals surface area contributed by atoms with Gasteiger partial charge in [-0.05, 0) is 30.9 Å². The number of amides is 1. The van der Waals surface area contributed by atoms with Crippen molar-refractivity contribution in [1.29, 1.82) is 0 Å². The first-order valence-electron chi connectivity index (χ1n) is 9.22. The second-order valence-corrected chi connectivity index (χ2v) is 7.25. The van der Waals surface area contributed by atoms with Crippen molar-refractivity contribution in [3.8, 4) is 0 Å². The highest BCUT2D eigenvalue weighted by Crippen LogP contribution is 2.17. The van der Waals surface area contributed by atoms with Gasteiger partial charge in [-0.25, -0.2) is 0 Å². The fraction of sp³-hybridized carbons (Fsp3) is 0.722. The van der Waals surface area contributed by atoms with E-state index < -0.39 is 0 Å². The molecule has 0 aromatic carbocycles. The number of nitrogens with zero attached hydrogens (tertiary/aromatic N) is 5. The summed E-state index contributed by atoms with van der Waals surface area (Å²) in [5, 5.41) is 8.04. The summed E-state index contributed by atoms with van der Waals surface area (Å²) in [7, 11) is 1.99. The van der Waals surface area contributed by atoms with Crippen molar-refractivity contribution in [2.24, 2.45) is 5.92 Å². The third-order valence-corrected chi connectivity index (χ3v) is 5.14. The number of hydrogen-bond donors (Lipinski definition) is 0. The number of anilines is 1. The summed E-state index contributed by atoms with van der Waals surface area (Å²) < 4.78 is 5.89. The molecule has 1 aromatic rings. The van der Waals surface area contributed by atoms with Gasteiger partial charge in [-0.15, -0.1) is 5.10 Å². The van der Waals surface area contributed by atoms with Crippen LogP contribution in [-0.4, -0.2) is 84.9 Å². The lowest BCUT2D eigenvalue weighted by molar-refractivity contribution is -0.135. The minimum absolute atomic E-state index is 0.0786. The number of rotatable bonds is 5. The predicted molar refractivity (Wildman–Crippen MR) is 96.5 cm³/mol. The van der Waals surface area contributed by atoms with Gasteiger partial charge in [0.05, 0.1) is 19.3 Å². The molecule has 7 nitrogen and oxygen atoms in total. The zero-order chi connectivity index (χ0) is 17.6. The number of carbonyl (C=O) groups excluding carboxylic acids is 1. The summed E-state index contributed by atoms with van der Waals surface area (Å²) in [6, 6.07) is 3.82. The molecule has 2 fully saturated rings. The quantitative estimate of drug-likeness (QED) is 0.788. The number of likely N-dealkylation sites (N-methyl/N-ethyl adjacent to an activating group) is 1. The summed E-state index contributed by atoms with van der Waals surface area (Å²) in [5.41, 5.74) is 0. The highest BCUT2D eigenvalue weighted by molar-refractivity contribution is 5.78. The topological polar surface area (TPSA) is 61.8 Å². The van der Waals surface area contributed by atoms with Crippen LogP contribution in [0.4, 0.5) is 5.82 Å². The van der Waals surface area contributed by atoms with Gasteiger partial charge in [0.15, 0.2) is 5.82 Å². The summed E-state index contributed by atoms with van der Waals surface area (Å²) in [4.78, 5) is 18.8. The zero-order valence-corrected chi connectivity index (χ0v) is 15.3. The molecule has 0 bridgehead atoms. The van der Waals surface area contributed by atoms with Gasteiger partial charge in [0.25, 0.3) is 0 Å². The minimum atomic E-state index is 0.0786. The molecule has 1 aromatic heterocycles. The lowest BCUT2D eigenvalue weighted by Gasteiger charge is -2.36. The van der Waals surface area contributed by atoms with Gasteiger partial charge in [0.2, 0.25) is 5.91 Å². The average Bonchev–Trinajstić information content (AvgIpc) is 2.63. The van der Waals surface area contributed by atoms with Crippen LogP contribution in [0, 0.1) is 5.92 Å². The van der Waals surface area contributed by atoms with E-state index in [0.29, 0.717) is 13.2 Å². The fourth-order valence-electron chi connectivity index (χ4n) is 3.48. The highest BCUT2D eigenvalue weighted by Gasteiger charge is 2.26. The Balaban J connectivity index is 1.47. The van der Waals surface area contributed by atoms with Crippen LogP contribution < -0.4 is 4.90 Å². The summed E-state index contributed by atoms with van der Waals surface area (Å²) in [6.45, 7) is 7.59. The van der Waals surface area contributed by atoms with E-state index in [1.54, 1.807) is 6.20 Å². The van der Waals surface area contributed by atoms with E-state index in [2.05, 4.69) is 26.9 Å². The van der Waals surface area contributed by atoms with Gasteiger partial charge >= 0.3 is 0 Å². The third kappa shape index (κ3) is 5.12. The smallest absolute Gasteiger partial charge is 0.236 e. The van der Waals surface area contributed by atoms with Crippen molar-refractivity contribution in [3.63, 3.8) is 0 Å². The molecule has 138 valence electrons. The molecule has 0 radical (unpaired) electrons. The Morgan fingerprint density at radius 3 is 2.88 bits per heavy atom. The van der Waals surface area contributed by atoms with Gasteiger partial charge in [-0.2, -0.15) is 5.10 Å². The highest BCUT2D eigenvalue weighted by atomic mass is 16.5. The van der Waals surface area contributed by atoms with E-state index in [9.17, 15) is 4.79 Å². The number of likely N-dealkylation sites (tertiary alicyclic amines) is 1. The minimum Gasteiger partial charge on any atom is -0.374 e. The van der Waals surface area contributed by atoms with Gasteiger partial charge in [0, 0.05) is 46.0 Å². The predicted octanol–water partition coefficient (Wildman–Crippen LogP) is 0.872. The van der Waals surface area contributed by atoms with Crippen LogP contribution in [0.3, 0.4) is 0 Å². The monoisotopic (exact) mass is 347 g/mol. The molecule has 2 aliphatic rings. The molecule has 1 amide bonds. The Morgan fingerprint density at radius 1 is 1.36 bits per heavy atom. The zero-order valence-electron chi connectivity index (χ0n) is 15.3. The molecule has 25 heavy (non-hydrogen) atoms. The second kappa shape index (κ2) is 8.58. The second-order valence-electron chi connectivity index (χ2n) is 7.25. The number of carbonyl (C=O) groups is 1. The van der Waals surface area contributed by atoms with Crippen LogP contribution in [0.1, 0.15) is 19.8 Å². The molecule has 0 saturated carbocycles. The van der Waals surface area contributed by atoms with Crippen LogP contribution in [0.2, 0.25) is 0 Å². The Kier molecular flexibility index (Phi) is 6.20. The number of ether oxygens (including phenoxy) is 1. The van der Waals surface area contributed by atoms with Crippen LogP contribution in [0.5, 0.6) is 0 Å². The van der Waals surface area contributed by atoms with E-state index >= 15 is 0 Å². The van der Waals surface area contributed by atoms with Crippen molar-refractivity contribution >= 4 is 11.7 Å². The average molecular weight is 347 g/mol. The van der Waals surface area contributed by atoms with Crippen LogP contribution in [-0.2, 0) is 9.53 Å². The van der Waals surface area contributed by atoms with E-state index in [-0.39, 0.29) is 12.0 Å². The largest absolute Gasteiger partial charge is 0.374 e. The lowest BCUT2D eigenvalue weighted by Crippen LogP contribution is -2.51. The molecule has 0 spiro atoms. The Hall–Kier alpha value is -1.73. The molecular weight excluding hydrogens is 318 g/mol.